The van der Waals surface area contributed by atoms with Gasteiger partial charge < -0.3 is 5.73 Å². The molecule has 0 aliphatic rings. The normalized spacial score (nSPS) is 10.9. The number of nitrogens with zero attached hydrogens (tertiary/aromatic N) is 1. The van der Waals surface area contributed by atoms with Crippen LogP contribution >= 0.6 is 11.3 Å². The molecule has 0 unspecified atom stereocenters. The number of H-pyrrole nitrogens is 1. The fourth-order valence-corrected chi connectivity index (χ4v) is 3.17. The zero-order chi connectivity index (χ0) is 14.3. The van der Waals surface area contributed by atoms with Crippen LogP contribution in [0.4, 0.5) is 10.2 Å². The number of hydrogen-bond donors (Lipinski definition) is 2. The molecule has 0 spiro atoms. The van der Waals surface area contributed by atoms with Crippen LogP contribution in [-0.2, 0) is 0 Å². The third kappa shape index (κ3) is 2.10. The fraction of sp³-hybridized carbons (Fsp3) is 0.133. The number of aromatic nitrogens is 2. The highest BCUT2D eigenvalue weighted by atomic mass is 32.1. The molecule has 0 amide bonds. The number of hydrogen-bond acceptors (Lipinski definition) is 3. The molecule has 0 fully saturated rings. The predicted octanol–water partition coefficient (Wildman–Crippen LogP) is 4.14. The molecule has 102 valence electrons. The largest absolute Gasteiger partial charge is 0.382 e. The van der Waals surface area contributed by atoms with E-state index in [9.17, 15) is 4.39 Å². The van der Waals surface area contributed by atoms with Gasteiger partial charge in [0.15, 0.2) is 5.82 Å². The fourth-order valence-electron chi connectivity index (χ4n) is 2.14. The summed E-state index contributed by atoms with van der Waals surface area (Å²) in [4.78, 5) is 2.35. The first-order valence-corrected chi connectivity index (χ1v) is 7.05. The summed E-state index contributed by atoms with van der Waals surface area (Å²) < 4.78 is 13.1. The Balaban J connectivity index is 2.16. The lowest BCUT2D eigenvalue weighted by Gasteiger charge is -2.03. The first kappa shape index (κ1) is 12.9. The zero-order valence-electron chi connectivity index (χ0n) is 11.2. The summed E-state index contributed by atoms with van der Waals surface area (Å²) in [7, 11) is 0. The molecule has 0 radical (unpaired) electrons. The molecular formula is C15H14FN3S. The van der Waals surface area contributed by atoms with Gasteiger partial charge in [-0.1, -0.05) is 12.1 Å². The lowest BCUT2D eigenvalue weighted by atomic mass is 10.0. The Morgan fingerprint density at radius 3 is 2.50 bits per heavy atom. The Morgan fingerprint density at radius 1 is 1.20 bits per heavy atom. The summed E-state index contributed by atoms with van der Waals surface area (Å²) in [6, 6.07) is 8.40. The lowest BCUT2D eigenvalue weighted by molar-refractivity contribution is 0.628. The maximum Gasteiger partial charge on any atom is 0.153 e. The van der Waals surface area contributed by atoms with Gasteiger partial charge in [-0.05, 0) is 43.2 Å². The van der Waals surface area contributed by atoms with Crippen molar-refractivity contribution in [1.29, 1.82) is 0 Å². The number of aromatic amines is 1. The van der Waals surface area contributed by atoms with Gasteiger partial charge >= 0.3 is 0 Å². The van der Waals surface area contributed by atoms with E-state index >= 15 is 0 Å². The number of aryl methyl sites for hydroxylation is 2. The molecule has 0 aliphatic heterocycles. The Bertz CT molecular complexity index is 737. The van der Waals surface area contributed by atoms with Crippen molar-refractivity contribution >= 4 is 17.2 Å². The number of benzene rings is 1. The van der Waals surface area contributed by atoms with Crippen LogP contribution in [0.1, 0.15) is 10.4 Å². The summed E-state index contributed by atoms with van der Waals surface area (Å²) in [5.41, 5.74) is 9.77. The summed E-state index contributed by atoms with van der Waals surface area (Å²) >= 11 is 1.69. The van der Waals surface area contributed by atoms with Crippen LogP contribution in [-0.4, -0.2) is 10.2 Å². The minimum Gasteiger partial charge on any atom is -0.382 e. The van der Waals surface area contributed by atoms with Crippen LogP contribution < -0.4 is 5.73 Å². The summed E-state index contributed by atoms with van der Waals surface area (Å²) in [6.07, 6.45) is 0. The van der Waals surface area contributed by atoms with Crippen LogP contribution in [0.25, 0.3) is 21.7 Å². The van der Waals surface area contributed by atoms with Gasteiger partial charge in [-0.15, -0.1) is 11.3 Å². The van der Waals surface area contributed by atoms with Gasteiger partial charge in [0.25, 0.3) is 0 Å². The van der Waals surface area contributed by atoms with Crippen molar-refractivity contribution in [3.8, 4) is 21.7 Å². The molecule has 0 atom stereocenters. The molecule has 2 heterocycles. The molecule has 3 aromatic rings. The first-order valence-electron chi connectivity index (χ1n) is 6.23. The van der Waals surface area contributed by atoms with E-state index in [1.807, 2.05) is 0 Å². The molecule has 0 bridgehead atoms. The number of rotatable bonds is 2. The quantitative estimate of drug-likeness (QED) is 0.744. The van der Waals surface area contributed by atoms with Gasteiger partial charge in [0.2, 0.25) is 0 Å². The van der Waals surface area contributed by atoms with Gasteiger partial charge in [0, 0.05) is 4.88 Å². The van der Waals surface area contributed by atoms with Crippen molar-refractivity contribution in [3.05, 3.63) is 46.6 Å². The molecule has 0 saturated heterocycles. The molecule has 0 saturated carbocycles. The van der Waals surface area contributed by atoms with Gasteiger partial charge in [0.1, 0.15) is 5.82 Å². The van der Waals surface area contributed by atoms with Crippen LogP contribution in [0.2, 0.25) is 0 Å². The molecular weight excluding hydrogens is 273 g/mol. The number of nitrogen functional groups attached to an aromatic ring is 1. The van der Waals surface area contributed by atoms with E-state index < -0.39 is 0 Å². The van der Waals surface area contributed by atoms with E-state index in [0.717, 1.165) is 21.7 Å². The van der Waals surface area contributed by atoms with Crippen molar-refractivity contribution in [2.45, 2.75) is 13.8 Å². The summed E-state index contributed by atoms with van der Waals surface area (Å²) in [5.74, 6) is 0.162. The molecule has 5 heteroatoms. The average Bonchev–Trinajstić information content (AvgIpc) is 2.95. The maximum absolute atomic E-state index is 13.1. The molecule has 3 rings (SSSR count). The topological polar surface area (TPSA) is 54.7 Å². The highest BCUT2D eigenvalue weighted by molar-refractivity contribution is 7.15. The van der Waals surface area contributed by atoms with Gasteiger partial charge in [-0.2, -0.15) is 5.10 Å². The highest BCUT2D eigenvalue weighted by Crippen LogP contribution is 2.38. The zero-order valence-corrected chi connectivity index (χ0v) is 12.0. The van der Waals surface area contributed by atoms with Crippen molar-refractivity contribution in [2.24, 2.45) is 0 Å². The van der Waals surface area contributed by atoms with Crippen molar-refractivity contribution in [3.63, 3.8) is 0 Å². The number of anilines is 1. The number of halogens is 1. The van der Waals surface area contributed by atoms with Gasteiger partial charge in [-0.25, -0.2) is 4.39 Å². The minimum atomic E-state index is -0.264. The lowest BCUT2D eigenvalue weighted by Crippen LogP contribution is -1.88. The molecule has 2 aromatic heterocycles. The second kappa shape index (κ2) is 4.76. The van der Waals surface area contributed by atoms with Crippen molar-refractivity contribution in [2.75, 3.05) is 5.73 Å². The van der Waals surface area contributed by atoms with E-state index in [0.29, 0.717) is 5.82 Å². The highest BCUT2D eigenvalue weighted by Gasteiger charge is 2.16. The van der Waals surface area contributed by atoms with Crippen LogP contribution in [0.3, 0.4) is 0 Å². The average molecular weight is 287 g/mol. The summed E-state index contributed by atoms with van der Waals surface area (Å²) in [6.45, 7) is 4.16. The molecule has 0 aliphatic carbocycles. The second-order valence-electron chi connectivity index (χ2n) is 4.72. The Hall–Kier alpha value is -2.14. The third-order valence-electron chi connectivity index (χ3n) is 3.34. The van der Waals surface area contributed by atoms with Crippen molar-refractivity contribution in [1.82, 2.24) is 10.2 Å². The Morgan fingerprint density at radius 2 is 1.90 bits per heavy atom. The SMILES string of the molecule is Cc1cc(-c2[nH]nc(N)c2-c2ccc(F)cc2)sc1C. The van der Waals surface area contributed by atoms with Crippen LogP contribution in [0, 0.1) is 19.7 Å². The number of thiophene rings is 1. The Kier molecular flexibility index (Phi) is 3.06. The molecule has 3 N–H and O–H groups in total. The minimum absolute atomic E-state index is 0.264. The molecule has 20 heavy (non-hydrogen) atoms. The predicted molar refractivity (Wildman–Crippen MR) is 81.2 cm³/mol. The van der Waals surface area contributed by atoms with Gasteiger partial charge in [-0.3, -0.25) is 5.10 Å². The smallest absolute Gasteiger partial charge is 0.153 e. The van der Waals surface area contributed by atoms with Crippen LogP contribution in [0.5, 0.6) is 0 Å². The van der Waals surface area contributed by atoms with E-state index in [4.69, 9.17) is 5.73 Å². The monoisotopic (exact) mass is 287 g/mol. The van der Waals surface area contributed by atoms with E-state index in [-0.39, 0.29) is 5.82 Å². The maximum atomic E-state index is 13.1. The van der Waals surface area contributed by atoms with E-state index in [1.54, 1.807) is 23.5 Å². The standard InChI is InChI=1S/C15H14FN3S/c1-8-7-12(20-9(8)2)14-13(15(17)19-18-14)10-3-5-11(16)6-4-10/h3-7H,1-2H3,(H3,17,18,19). The Labute approximate surface area is 120 Å². The van der Waals surface area contributed by atoms with Crippen molar-refractivity contribution < 1.29 is 4.39 Å². The second-order valence-corrected chi connectivity index (χ2v) is 5.97. The molecule has 1 aromatic carbocycles. The third-order valence-corrected chi connectivity index (χ3v) is 4.51. The van der Waals surface area contributed by atoms with E-state index in [2.05, 4.69) is 30.1 Å². The summed E-state index contributed by atoms with van der Waals surface area (Å²) in [5, 5.41) is 7.08. The molecule has 3 nitrogen and oxygen atoms in total. The van der Waals surface area contributed by atoms with Crippen LogP contribution in [0.15, 0.2) is 30.3 Å². The van der Waals surface area contributed by atoms with Gasteiger partial charge in [0.05, 0.1) is 16.1 Å². The number of nitrogens with two attached hydrogens (primary N) is 1. The number of nitrogens with one attached hydrogen (secondary N) is 1. The first-order chi connectivity index (χ1) is 9.56. The van der Waals surface area contributed by atoms with E-state index in [1.165, 1.54) is 22.6 Å².